The summed E-state index contributed by atoms with van der Waals surface area (Å²) in [5, 5.41) is 2.89. The van der Waals surface area contributed by atoms with Gasteiger partial charge in [-0.15, -0.1) is 0 Å². The highest BCUT2D eigenvalue weighted by molar-refractivity contribution is 7.89. The molecule has 0 radical (unpaired) electrons. The van der Waals surface area contributed by atoms with Crippen molar-refractivity contribution in [2.24, 2.45) is 0 Å². The molecule has 2 fully saturated rings. The molecule has 2 atom stereocenters. The average molecular weight is 381 g/mol. The number of amides is 1. The minimum Gasteiger partial charge on any atom is -0.376 e. The third kappa shape index (κ3) is 3.80. The minimum absolute atomic E-state index is 0.0481. The minimum atomic E-state index is -3.71. The van der Waals surface area contributed by atoms with Gasteiger partial charge in [-0.3, -0.25) is 4.79 Å². The summed E-state index contributed by atoms with van der Waals surface area (Å²) >= 11 is 0. The van der Waals surface area contributed by atoms with Crippen molar-refractivity contribution in [3.8, 4) is 0 Å². The molecule has 3 rings (SSSR count). The molecule has 7 heteroatoms. The first-order valence-corrected chi connectivity index (χ1v) is 10.7. The van der Waals surface area contributed by atoms with Crippen molar-refractivity contribution in [1.82, 2.24) is 9.62 Å². The lowest BCUT2D eigenvalue weighted by molar-refractivity contribution is -0.124. The largest absolute Gasteiger partial charge is 0.376 e. The summed E-state index contributed by atoms with van der Waals surface area (Å²) in [7, 11) is -3.71. The predicted molar refractivity (Wildman–Crippen MR) is 99.6 cm³/mol. The second-order valence-electron chi connectivity index (χ2n) is 7.38. The molecule has 6 nitrogen and oxygen atoms in total. The Bertz CT molecular complexity index is 762. The first-order valence-electron chi connectivity index (χ1n) is 9.29. The third-order valence-corrected chi connectivity index (χ3v) is 7.42. The molecule has 0 aliphatic carbocycles. The van der Waals surface area contributed by atoms with E-state index in [1.165, 1.54) is 4.31 Å². The standard InChI is InChI=1S/C19H28N2O4S/c1-13-10-14(2)18(15(3)11-13)26(23,24)21-8-4-7-17(21)19(22)20-12-16-6-5-9-25-16/h10-11,16-17H,4-9,12H2,1-3H3,(H,20,22). The second kappa shape index (κ2) is 7.66. The van der Waals surface area contributed by atoms with E-state index in [0.29, 0.717) is 30.8 Å². The summed E-state index contributed by atoms with van der Waals surface area (Å²) in [5.74, 6) is -0.219. The van der Waals surface area contributed by atoms with Crippen molar-refractivity contribution in [3.05, 3.63) is 28.8 Å². The smallest absolute Gasteiger partial charge is 0.244 e. The van der Waals surface area contributed by atoms with E-state index < -0.39 is 16.1 Å². The van der Waals surface area contributed by atoms with Crippen molar-refractivity contribution < 1.29 is 17.9 Å². The summed E-state index contributed by atoms with van der Waals surface area (Å²) in [4.78, 5) is 13.0. The number of carbonyl (C=O) groups excluding carboxylic acids is 1. The molecule has 2 aliphatic heterocycles. The van der Waals surface area contributed by atoms with E-state index >= 15 is 0 Å². The van der Waals surface area contributed by atoms with Crippen LogP contribution in [0.1, 0.15) is 42.4 Å². The second-order valence-corrected chi connectivity index (χ2v) is 9.21. The van der Waals surface area contributed by atoms with Crippen molar-refractivity contribution in [2.45, 2.75) is 63.5 Å². The molecule has 2 aliphatic rings. The topological polar surface area (TPSA) is 75.7 Å². The third-order valence-electron chi connectivity index (χ3n) is 5.21. The summed E-state index contributed by atoms with van der Waals surface area (Å²) in [6.07, 6.45) is 3.25. The maximum absolute atomic E-state index is 13.3. The van der Waals surface area contributed by atoms with Crippen LogP contribution in [-0.4, -0.2) is 50.5 Å². The maximum atomic E-state index is 13.3. The van der Waals surface area contributed by atoms with Crippen LogP contribution in [0.4, 0.5) is 0 Å². The SMILES string of the molecule is Cc1cc(C)c(S(=O)(=O)N2CCCC2C(=O)NCC2CCCO2)c(C)c1. The molecule has 26 heavy (non-hydrogen) atoms. The Labute approximate surface area is 156 Å². The van der Waals surface area contributed by atoms with Crippen molar-refractivity contribution in [3.63, 3.8) is 0 Å². The molecule has 2 saturated heterocycles. The van der Waals surface area contributed by atoms with Crippen LogP contribution in [0.5, 0.6) is 0 Å². The van der Waals surface area contributed by atoms with Crippen LogP contribution in [0.3, 0.4) is 0 Å². The van der Waals surface area contributed by atoms with Crippen LogP contribution in [0, 0.1) is 20.8 Å². The Morgan fingerprint density at radius 1 is 1.19 bits per heavy atom. The van der Waals surface area contributed by atoms with Crippen LogP contribution in [-0.2, 0) is 19.6 Å². The molecule has 0 saturated carbocycles. The Morgan fingerprint density at radius 3 is 2.50 bits per heavy atom. The molecule has 0 spiro atoms. The number of nitrogens with one attached hydrogen (secondary N) is 1. The molecule has 1 amide bonds. The fourth-order valence-corrected chi connectivity index (χ4v) is 6.19. The van der Waals surface area contributed by atoms with E-state index in [4.69, 9.17) is 4.74 Å². The lowest BCUT2D eigenvalue weighted by Crippen LogP contribution is -2.47. The van der Waals surface area contributed by atoms with Crippen LogP contribution in [0.25, 0.3) is 0 Å². The molecule has 0 aromatic heterocycles. The van der Waals surface area contributed by atoms with Gasteiger partial charge in [-0.1, -0.05) is 17.7 Å². The van der Waals surface area contributed by atoms with Gasteiger partial charge in [-0.2, -0.15) is 4.31 Å². The number of rotatable bonds is 5. The molecular weight excluding hydrogens is 352 g/mol. The number of hydrogen-bond donors (Lipinski definition) is 1. The fourth-order valence-electron chi connectivity index (χ4n) is 4.12. The van der Waals surface area contributed by atoms with Gasteiger partial charge in [0.05, 0.1) is 11.0 Å². The normalized spacial score (nSPS) is 24.1. The zero-order valence-corrected chi connectivity index (χ0v) is 16.6. The predicted octanol–water partition coefficient (Wildman–Crippen LogP) is 2.06. The Morgan fingerprint density at radius 2 is 1.88 bits per heavy atom. The lowest BCUT2D eigenvalue weighted by Gasteiger charge is -2.25. The number of aryl methyl sites for hydroxylation is 3. The Balaban J connectivity index is 1.79. The van der Waals surface area contributed by atoms with Crippen LogP contribution in [0.15, 0.2) is 17.0 Å². The summed E-state index contributed by atoms with van der Waals surface area (Å²) in [6, 6.07) is 3.12. The number of ether oxygens (including phenoxy) is 1. The van der Waals surface area contributed by atoms with Gasteiger partial charge in [-0.05, 0) is 57.6 Å². The van der Waals surface area contributed by atoms with E-state index in [1.54, 1.807) is 0 Å². The van der Waals surface area contributed by atoms with Gasteiger partial charge in [0, 0.05) is 19.7 Å². The molecule has 1 N–H and O–H groups in total. The summed E-state index contributed by atoms with van der Waals surface area (Å²) in [5.41, 5.74) is 2.49. The highest BCUT2D eigenvalue weighted by Crippen LogP contribution is 2.30. The van der Waals surface area contributed by atoms with Gasteiger partial charge < -0.3 is 10.1 Å². The molecule has 144 valence electrons. The van der Waals surface area contributed by atoms with Gasteiger partial charge in [0.15, 0.2) is 0 Å². The van der Waals surface area contributed by atoms with E-state index in [2.05, 4.69) is 5.32 Å². The highest BCUT2D eigenvalue weighted by Gasteiger charge is 2.40. The van der Waals surface area contributed by atoms with Gasteiger partial charge in [0.2, 0.25) is 15.9 Å². The number of benzene rings is 1. The van der Waals surface area contributed by atoms with Gasteiger partial charge in [-0.25, -0.2) is 8.42 Å². The molecular formula is C19H28N2O4S. The van der Waals surface area contributed by atoms with Crippen LogP contribution < -0.4 is 5.32 Å². The molecule has 2 unspecified atom stereocenters. The Kier molecular flexibility index (Phi) is 5.69. The first-order chi connectivity index (χ1) is 12.3. The number of sulfonamides is 1. The molecule has 1 aromatic rings. The maximum Gasteiger partial charge on any atom is 0.244 e. The van der Waals surface area contributed by atoms with Crippen molar-refractivity contribution in [2.75, 3.05) is 19.7 Å². The Hall–Kier alpha value is -1.44. The molecule has 2 heterocycles. The van der Waals surface area contributed by atoms with E-state index in [9.17, 15) is 13.2 Å². The molecule has 1 aromatic carbocycles. The van der Waals surface area contributed by atoms with Crippen molar-refractivity contribution in [1.29, 1.82) is 0 Å². The lowest BCUT2D eigenvalue weighted by atomic mass is 10.1. The quantitative estimate of drug-likeness (QED) is 0.848. The number of nitrogens with zero attached hydrogens (tertiary/aromatic N) is 1. The summed E-state index contributed by atoms with van der Waals surface area (Å²) < 4.78 is 33.5. The zero-order chi connectivity index (χ0) is 18.9. The number of hydrogen-bond acceptors (Lipinski definition) is 4. The van der Waals surface area contributed by atoms with Crippen molar-refractivity contribution >= 4 is 15.9 Å². The van der Waals surface area contributed by atoms with E-state index in [0.717, 1.165) is 36.1 Å². The fraction of sp³-hybridized carbons (Fsp3) is 0.632. The zero-order valence-electron chi connectivity index (χ0n) is 15.7. The summed E-state index contributed by atoms with van der Waals surface area (Å²) in [6.45, 7) is 7.15. The number of carbonyl (C=O) groups is 1. The van der Waals surface area contributed by atoms with E-state index in [-0.39, 0.29) is 12.0 Å². The van der Waals surface area contributed by atoms with Gasteiger partial charge in [0.25, 0.3) is 0 Å². The average Bonchev–Trinajstić information content (AvgIpc) is 3.23. The monoisotopic (exact) mass is 380 g/mol. The van der Waals surface area contributed by atoms with Crippen LogP contribution in [0.2, 0.25) is 0 Å². The van der Waals surface area contributed by atoms with Crippen LogP contribution >= 0.6 is 0 Å². The van der Waals surface area contributed by atoms with Gasteiger partial charge in [0.1, 0.15) is 6.04 Å². The van der Waals surface area contributed by atoms with E-state index in [1.807, 2.05) is 32.9 Å². The molecule has 0 bridgehead atoms. The van der Waals surface area contributed by atoms with Gasteiger partial charge >= 0.3 is 0 Å². The highest BCUT2D eigenvalue weighted by atomic mass is 32.2. The first kappa shape index (κ1) is 19.3.